The number of halogens is 2. The van der Waals surface area contributed by atoms with Crippen molar-refractivity contribution in [2.24, 2.45) is 11.8 Å². The number of carbonyl (C=O) groups is 2. The average molecular weight is 383 g/mol. The van der Waals surface area contributed by atoms with E-state index in [1.54, 1.807) is 4.90 Å². The summed E-state index contributed by atoms with van der Waals surface area (Å²) in [6, 6.07) is 0.744. The van der Waals surface area contributed by atoms with Gasteiger partial charge in [0.15, 0.2) is 0 Å². The zero-order valence-corrected chi connectivity index (χ0v) is 16.0. The summed E-state index contributed by atoms with van der Waals surface area (Å²) in [5.41, 5.74) is 0. The Kier molecular flexibility index (Phi) is 5.52. The number of rotatable bonds is 5. The van der Waals surface area contributed by atoms with Crippen LogP contribution in [0, 0.1) is 11.8 Å². The molecule has 4 fully saturated rings. The molecule has 152 valence electrons. The molecule has 4 aliphatic rings. The van der Waals surface area contributed by atoms with Gasteiger partial charge in [-0.2, -0.15) is 0 Å². The first-order valence-electron chi connectivity index (χ1n) is 10.6. The highest BCUT2D eigenvalue weighted by molar-refractivity contribution is 5.88. The van der Waals surface area contributed by atoms with E-state index in [1.165, 1.54) is 24.2 Å². The van der Waals surface area contributed by atoms with Crippen LogP contribution < -0.4 is 0 Å². The second-order valence-corrected chi connectivity index (χ2v) is 8.96. The molecule has 7 heteroatoms. The Balaban J connectivity index is 1.19. The summed E-state index contributed by atoms with van der Waals surface area (Å²) in [6.45, 7) is 3.10. The molecule has 1 unspecified atom stereocenters. The van der Waals surface area contributed by atoms with Gasteiger partial charge in [-0.15, -0.1) is 0 Å². The highest BCUT2D eigenvalue weighted by Crippen LogP contribution is 2.31. The van der Waals surface area contributed by atoms with Crippen LogP contribution in [0.5, 0.6) is 0 Å². The fraction of sp³-hybridized carbons (Fsp3) is 0.900. The number of alkyl halides is 2. The molecule has 3 aliphatic heterocycles. The van der Waals surface area contributed by atoms with Crippen molar-refractivity contribution in [1.29, 1.82) is 0 Å². The van der Waals surface area contributed by atoms with Crippen LogP contribution in [-0.2, 0) is 9.59 Å². The topological polar surface area (TPSA) is 43.9 Å². The predicted octanol–water partition coefficient (Wildman–Crippen LogP) is 2.01. The highest BCUT2D eigenvalue weighted by Gasteiger charge is 2.42. The van der Waals surface area contributed by atoms with Crippen molar-refractivity contribution in [3.05, 3.63) is 0 Å². The van der Waals surface area contributed by atoms with Crippen LogP contribution in [0.2, 0.25) is 0 Å². The summed E-state index contributed by atoms with van der Waals surface area (Å²) in [4.78, 5) is 30.9. The standard InChI is InChI=1S/C20H31F2N3O2/c21-20(22)7-10-23(14-20)13-18(26)25-11-16(12-25)19(27)15-3-2-8-24(9-6-15)17-4-1-5-17/h15-17H,1-14H2. The molecule has 0 spiro atoms. The molecule has 1 saturated carbocycles. The van der Waals surface area contributed by atoms with E-state index in [-0.39, 0.29) is 43.8 Å². The first kappa shape index (κ1) is 19.2. The second kappa shape index (κ2) is 7.74. The van der Waals surface area contributed by atoms with E-state index in [0.29, 0.717) is 18.9 Å². The lowest BCUT2D eigenvalue weighted by Gasteiger charge is -2.40. The third kappa shape index (κ3) is 4.34. The third-order valence-electron chi connectivity index (χ3n) is 7.00. The van der Waals surface area contributed by atoms with Gasteiger partial charge in [0, 0.05) is 38.0 Å². The van der Waals surface area contributed by atoms with E-state index in [4.69, 9.17) is 0 Å². The van der Waals surface area contributed by atoms with Crippen LogP contribution >= 0.6 is 0 Å². The molecule has 27 heavy (non-hydrogen) atoms. The minimum absolute atomic E-state index is 0.0470. The highest BCUT2D eigenvalue weighted by atomic mass is 19.3. The molecule has 0 aromatic carbocycles. The van der Waals surface area contributed by atoms with Gasteiger partial charge in [0.25, 0.3) is 5.92 Å². The molecule has 3 saturated heterocycles. The van der Waals surface area contributed by atoms with Crippen molar-refractivity contribution in [2.75, 3.05) is 45.8 Å². The molecule has 0 N–H and O–H groups in total. The Morgan fingerprint density at radius 3 is 2.33 bits per heavy atom. The largest absolute Gasteiger partial charge is 0.340 e. The minimum Gasteiger partial charge on any atom is -0.340 e. The Morgan fingerprint density at radius 1 is 0.926 bits per heavy atom. The minimum atomic E-state index is -2.67. The van der Waals surface area contributed by atoms with E-state index in [9.17, 15) is 18.4 Å². The average Bonchev–Trinajstić information content (AvgIpc) is 2.72. The lowest BCUT2D eigenvalue weighted by molar-refractivity contribution is -0.144. The summed E-state index contributed by atoms with van der Waals surface area (Å²) in [5, 5.41) is 0. The van der Waals surface area contributed by atoms with Crippen molar-refractivity contribution < 1.29 is 18.4 Å². The van der Waals surface area contributed by atoms with Crippen molar-refractivity contribution in [2.45, 2.75) is 56.9 Å². The van der Waals surface area contributed by atoms with Gasteiger partial charge in [0.2, 0.25) is 5.91 Å². The molecule has 0 aromatic rings. The van der Waals surface area contributed by atoms with E-state index in [1.807, 2.05) is 0 Å². The number of Topliss-reactive ketones (excluding diaryl/α,β-unsaturated/α-hetero) is 1. The normalized spacial score (nSPS) is 30.6. The number of likely N-dealkylation sites (tertiary alicyclic amines) is 3. The van der Waals surface area contributed by atoms with Crippen LogP contribution in [0.15, 0.2) is 0 Å². The number of nitrogens with zero attached hydrogens (tertiary/aromatic N) is 3. The van der Waals surface area contributed by atoms with Gasteiger partial charge in [-0.25, -0.2) is 8.78 Å². The molecule has 4 rings (SSSR count). The zero-order chi connectivity index (χ0) is 19.0. The third-order valence-corrected chi connectivity index (χ3v) is 7.00. The van der Waals surface area contributed by atoms with Gasteiger partial charge in [0.05, 0.1) is 19.0 Å². The quantitative estimate of drug-likeness (QED) is 0.729. The molecule has 0 bridgehead atoms. The van der Waals surface area contributed by atoms with Gasteiger partial charge in [-0.05, 0) is 45.2 Å². The number of hydrogen-bond donors (Lipinski definition) is 0. The van der Waals surface area contributed by atoms with E-state index in [2.05, 4.69) is 4.90 Å². The Bertz CT molecular complexity index is 576. The second-order valence-electron chi connectivity index (χ2n) is 8.96. The van der Waals surface area contributed by atoms with Crippen LogP contribution in [0.25, 0.3) is 0 Å². The van der Waals surface area contributed by atoms with Gasteiger partial charge in [0.1, 0.15) is 5.78 Å². The molecule has 1 atom stereocenters. The molecule has 5 nitrogen and oxygen atoms in total. The van der Waals surface area contributed by atoms with Crippen LogP contribution in [0.1, 0.15) is 44.9 Å². The van der Waals surface area contributed by atoms with Crippen LogP contribution in [0.3, 0.4) is 0 Å². The van der Waals surface area contributed by atoms with Crippen molar-refractivity contribution in [1.82, 2.24) is 14.7 Å². The number of amides is 1. The summed E-state index contributed by atoms with van der Waals surface area (Å²) in [5.74, 6) is -2.37. The van der Waals surface area contributed by atoms with E-state index < -0.39 is 5.92 Å². The molecular weight excluding hydrogens is 352 g/mol. The van der Waals surface area contributed by atoms with E-state index in [0.717, 1.165) is 38.4 Å². The van der Waals surface area contributed by atoms with Crippen molar-refractivity contribution >= 4 is 11.7 Å². The molecule has 1 amide bonds. The Hall–Kier alpha value is -1.08. The van der Waals surface area contributed by atoms with Crippen molar-refractivity contribution in [3.63, 3.8) is 0 Å². The predicted molar refractivity (Wildman–Crippen MR) is 97.6 cm³/mol. The van der Waals surface area contributed by atoms with E-state index >= 15 is 0 Å². The maximum atomic E-state index is 13.2. The van der Waals surface area contributed by atoms with Gasteiger partial charge in [-0.1, -0.05) is 6.42 Å². The summed E-state index contributed by atoms with van der Waals surface area (Å²) in [7, 11) is 0. The first-order chi connectivity index (χ1) is 12.9. The number of carbonyl (C=O) groups excluding carboxylic acids is 2. The fourth-order valence-corrected chi connectivity index (χ4v) is 4.95. The smallest absolute Gasteiger partial charge is 0.261 e. The van der Waals surface area contributed by atoms with Gasteiger partial charge >= 0.3 is 0 Å². The summed E-state index contributed by atoms with van der Waals surface area (Å²) in [6.07, 6.45) is 6.79. The monoisotopic (exact) mass is 383 g/mol. The Labute approximate surface area is 160 Å². The number of ketones is 1. The molecule has 3 heterocycles. The maximum Gasteiger partial charge on any atom is 0.261 e. The lowest BCUT2D eigenvalue weighted by Crippen LogP contribution is -2.56. The Morgan fingerprint density at radius 2 is 1.70 bits per heavy atom. The first-order valence-corrected chi connectivity index (χ1v) is 10.6. The molecular formula is C20H31F2N3O2. The summed E-state index contributed by atoms with van der Waals surface area (Å²) < 4.78 is 26.5. The summed E-state index contributed by atoms with van der Waals surface area (Å²) >= 11 is 0. The molecule has 1 aliphatic carbocycles. The SMILES string of the molecule is O=C(C1CCCN(C2CCC2)CC1)C1CN(C(=O)CN2CCC(F)(F)C2)C1. The molecule has 0 radical (unpaired) electrons. The molecule has 0 aromatic heterocycles. The number of hydrogen-bond acceptors (Lipinski definition) is 4. The van der Waals surface area contributed by atoms with Crippen molar-refractivity contribution in [3.8, 4) is 0 Å². The zero-order valence-electron chi connectivity index (χ0n) is 16.0. The van der Waals surface area contributed by atoms with Crippen LogP contribution in [0.4, 0.5) is 8.78 Å². The van der Waals surface area contributed by atoms with Gasteiger partial charge in [-0.3, -0.25) is 14.5 Å². The fourth-order valence-electron chi connectivity index (χ4n) is 4.95. The maximum absolute atomic E-state index is 13.2. The van der Waals surface area contributed by atoms with Crippen LogP contribution in [-0.4, -0.2) is 84.2 Å². The lowest BCUT2D eigenvalue weighted by atomic mass is 9.83. The van der Waals surface area contributed by atoms with Gasteiger partial charge < -0.3 is 9.80 Å².